The summed E-state index contributed by atoms with van der Waals surface area (Å²) in [6.07, 6.45) is 0. The normalized spacial score (nSPS) is 20.1. The maximum absolute atomic E-state index is 12.9. The highest BCUT2D eigenvalue weighted by atomic mass is 19.3. The zero-order valence-electron chi connectivity index (χ0n) is 13.2. The Morgan fingerprint density at radius 2 is 1.64 bits per heavy atom. The van der Waals surface area contributed by atoms with E-state index in [0.29, 0.717) is 11.1 Å². The number of guanidine groups is 1. The van der Waals surface area contributed by atoms with Crippen LogP contribution < -0.4 is 10.5 Å². The molecule has 0 saturated carbocycles. The van der Waals surface area contributed by atoms with Gasteiger partial charge in [-0.25, -0.2) is 4.99 Å². The first-order valence-corrected chi connectivity index (χ1v) is 7.33. The minimum atomic E-state index is -2.94. The maximum atomic E-state index is 12.9. The number of aromatic hydroxyl groups is 1. The molecule has 0 radical (unpaired) electrons. The van der Waals surface area contributed by atoms with Crippen molar-refractivity contribution in [3.63, 3.8) is 0 Å². The van der Waals surface area contributed by atoms with Gasteiger partial charge in [-0.05, 0) is 35.4 Å². The number of phenols is 1. The molecule has 25 heavy (non-hydrogen) atoms. The summed E-state index contributed by atoms with van der Waals surface area (Å²) in [5, 5.41) is 9.50. The topological polar surface area (TPSA) is 88.2 Å². The van der Waals surface area contributed by atoms with Gasteiger partial charge in [-0.15, -0.1) is 0 Å². The predicted octanol–water partition coefficient (Wildman–Crippen LogP) is 2.02. The number of nitrogens with zero attached hydrogens (tertiary/aromatic N) is 2. The molecule has 3 N–H and O–H groups in total. The Bertz CT molecular complexity index is 822. The Kier molecular flexibility index (Phi) is 4.03. The minimum Gasteiger partial charge on any atom is -0.508 e. The molecule has 0 saturated heterocycles. The lowest BCUT2D eigenvalue weighted by atomic mass is 9.83. The van der Waals surface area contributed by atoms with Crippen LogP contribution in [0.15, 0.2) is 53.5 Å². The van der Waals surface area contributed by atoms with Crippen molar-refractivity contribution in [1.82, 2.24) is 4.90 Å². The fraction of sp³-hybridized carbons (Fsp3) is 0.176. The third-order valence-electron chi connectivity index (χ3n) is 4.02. The molecule has 6 nitrogen and oxygen atoms in total. The van der Waals surface area contributed by atoms with E-state index in [1.807, 2.05) is 0 Å². The summed E-state index contributed by atoms with van der Waals surface area (Å²) in [5.74, 6) is -0.352. The number of hydrogen-bond acceptors (Lipinski definition) is 5. The monoisotopic (exact) mass is 347 g/mol. The second-order valence-corrected chi connectivity index (χ2v) is 5.49. The Hall–Kier alpha value is -3.16. The van der Waals surface area contributed by atoms with Gasteiger partial charge < -0.3 is 15.6 Å². The number of ether oxygens (including phenoxy) is 1. The second kappa shape index (κ2) is 6.04. The lowest BCUT2D eigenvalue weighted by Gasteiger charge is -2.26. The molecule has 2 aromatic carbocycles. The van der Waals surface area contributed by atoms with E-state index >= 15 is 0 Å². The number of carbonyl (C=O) groups excluding carboxylic acids is 1. The van der Waals surface area contributed by atoms with Gasteiger partial charge in [0.2, 0.25) is 0 Å². The van der Waals surface area contributed by atoms with E-state index < -0.39 is 18.1 Å². The van der Waals surface area contributed by atoms with Crippen molar-refractivity contribution in [2.75, 3.05) is 7.05 Å². The van der Waals surface area contributed by atoms with Crippen LogP contribution in [0.2, 0.25) is 0 Å². The van der Waals surface area contributed by atoms with Gasteiger partial charge in [0.05, 0.1) is 0 Å². The smallest absolute Gasteiger partial charge is 0.387 e. The van der Waals surface area contributed by atoms with Crippen molar-refractivity contribution in [3.8, 4) is 11.5 Å². The van der Waals surface area contributed by atoms with Crippen molar-refractivity contribution in [2.45, 2.75) is 12.2 Å². The molecule has 2 aromatic rings. The number of rotatable bonds is 4. The number of phenolic OH excluding ortho intramolecular Hbond substituents is 1. The molecule has 1 aliphatic heterocycles. The molecule has 0 fully saturated rings. The van der Waals surface area contributed by atoms with Crippen LogP contribution in [0.3, 0.4) is 0 Å². The van der Waals surface area contributed by atoms with Gasteiger partial charge in [0.25, 0.3) is 5.91 Å². The molecular formula is C17H15F2N3O3. The van der Waals surface area contributed by atoms with Gasteiger partial charge in [-0.2, -0.15) is 8.78 Å². The van der Waals surface area contributed by atoms with E-state index in [-0.39, 0.29) is 17.5 Å². The quantitative estimate of drug-likeness (QED) is 0.886. The summed E-state index contributed by atoms with van der Waals surface area (Å²) in [5.41, 5.74) is 5.31. The van der Waals surface area contributed by atoms with Crippen molar-refractivity contribution >= 4 is 11.9 Å². The van der Waals surface area contributed by atoms with Gasteiger partial charge >= 0.3 is 6.61 Å². The summed E-state index contributed by atoms with van der Waals surface area (Å²) in [6, 6.07) is 11.6. The van der Waals surface area contributed by atoms with Crippen LogP contribution in [0.4, 0.5) is 8.78 Å². The summed E-state index contributed by atoms with van der Waals surface area (Å²) < 4.78 is 29.0. The number of amides is 1. The number of likely N-dealkylation sites (N-methyl/N-ethyl adjacent to an activating group) is 1. The SMILES string of the molecule is CN1C(=O)C(c2ccc(O)cc2)(c2ccc(OC(F)F)cc2)N=C1N. The van der Waals surface area contributed by atoms with E-state index in [1.54, 1.807) is 12.1 Å². The number of nitrogens with two attached hydrogens (primary N) is 1. The standard InChI is InChI=1S/C17H15F2N3O3/c1-22-14(24)17(21-16(22)20,10-2-6-12(23)7-3-10)11-4-8-13(9-5-11)25-15(18)19/h2-9,15,23H,1H3,(H2,20,21). The van der Waals surface area contributed by atoms with E-state index in [9.17, 15) is 18.7 Å². The molecule has 0 bridgehead atoms. The number of hydrogen-bond donors (Lipinski definition) is 2. The van der Waals surface area contributed by atoms with Gasteiger partial charge in [0.15, 0.2) is 11.5 Å². The zero-order valence-corrected chi connectivity index (χ0v) is 13.2. The van der Waals surface area contributed by atoms with Crippen molar-refractivity contribution in [2.24, 2.45) is 10.7 Å². The van der Waals surface area contributed by atoms with Gasteiger partial charge in [-0.3, -0.25) is 9.69 Å². The van der Waals surface area contributed by atoms with E-state index in [2.05, 4.69) is 9.73 Å². The van der Waals surface area contributed by atoms with E-state index in [0.717, 1.165) is 0 Å². The molecule has 1 aliphatic rings. The highest BCUT2D eigenvalue weighted by Gasteiger charge is 2.49. The molecule has 130 valence electrons. The summed E-state index contributed by atoms with van der Waals surface area (Å²) >= 11 is 0. The fourth-order valence-electron chi connectivity index (χ4n) is 2.76. The van der Waals surface area contributed by atoms with Crippen molar-refractivity contribution in [3.05, 3.63) is 59.7 Å². The molecule has 3 rings (SSSR count). The Labute approximate surface area is 142 Å². The van der Waals surface area contributed by atoms with Crippen LogP contribution in [0.25, 0.3) is 0 Å². The summed E-state index contributed by atoms with van der Waals surface area (Å²) in [6.45, 7) is -2.94. The lowest BCUT2D eigenvalue weighted by Crippen LogP contribution is -2.41. The fourth-order valence-corrected chi connectivity index (χ4v) is 2.76. The largest absolute Gasteiger partial charge is 0.508 e. The Balaban J connectivity index is 2.13. The first kappa shape index (κ1) is 16.7. The molecule has 0 spiro atoms. The van der Waals surface area contributed by atoms with Gasteiger partial charge in [0, 0.05) is 7.05 Å². The first-order valence-electron chi connectivity index (χ1n) is 7.33. The van der Waals surface area contributed by atoms with Crippen LogP contribution in [-0.4, -0.2) is 35.5 Å². The lowest BCUT2D eigenvalue weighted by molar-refractivity contribution is -0.129. The average molecular weight is 347 g/mol. The molecule has 8 heteroatoms. The molecule has 1 atom stereocenters. The first-order chi connectivity index (χ1) is 11.8. The summed E-state index contributed by atoms with van der Waals surface area (Å²) in [7, 11) is 1.50. The predicted molar refractivity (Wildman–Crippen MR) is 86.4 cm³/mol. The highest BCUT2D eigenvalue weighted by molar-refractivity contribution is 6.08. The number of carbonyl (C=O) groups is 1. The highest BCUT2D eigenvalue weighted by Crippen LogP contribution is 2.40. The van der Waals surface area contributed by atoms with E-state index in [4.69, 9.17) is 5.73 Å². The van der Waals surface area contributed by atoms with Crippen LogP contribution in [0, 0.1) is 0 Å². The van der Waals surface area contributed by atoms with Crippen LogP contribution in [0.1, 0.15) is 11.1 Å². The molecular weight excluding hydrogens is 332 g/mol. The third-order valence-corrected chi connectivity index (χ3v) is 4.02. The average Bonchev–Trinajstić information content (AvgIpc) is 2.81. The van der Waals surface area contributed by atoms with Crippen molar-refractivity contribution in [1.29, 1.82) is 0 Å². The van der Waals surface area contributed by atoms with Gasteiger partial charge in [-0.1, -0.05) is 24.3 Å². The molecule has 0 aliphatic carbocycles. The second-order valence-electron chi connectivity index (χ2n) is 5.49. The Morgan fingerprint density at radius 3 is 2.08 bits per heavy atom. The van der Waals surface area contributed by atoms with Gasteiger partial charge in [0.1, 0.15) is 11.5 Å². The molecule has 1 amide bonds. The minimum absolute atomic E-state index is 0.0321. The number of halogens is 2. The molecule has 1 unspecified atom stereocenters. The summed E-state index contributed by atoms with van der Waals surface area (Å²) in [4.78, 5) is 18.5. The number of alkyl halides is 2. The third kappa shape index (κ3) is 2.75. The zero-order chi connectivity index (χ0) is 18.2. The maximum Gasteiger partial charge on any atom is 0.387 e. The van der Waals surface area contributed by atoms with Crippen LogP contribution in [-0.2, 0) is 10.3 Å². The Morgan fingerprint density at radius 1 is 1.12 bits per heavy atom. The number of benzene rings is 2. The molecule has 1 heterocycles. The van der Waals surface area contributed by atoms with Crippen LogP contribution >= 0.6 is 0 Å². The molecule has 0 aromatic heterocycles. The number of aliphatic imine (C=N–C) groups is 1. The van der Waals surface area contributed by atoms with E-state index in [1.165, 1.54) is 48.3 Å². The van der Waals surface area contributed by atoms with Crippen molar-refractivity contribution < 1.29 is 23.4 Å². The van der Waals surface area contributed by atoms with Crippen LogP contribution in [0.5, 0.6) is 11.5 Å².